The number of hydrogen-bond acceptors (Lipinski definition) is 7. The average Bonchev–Trinajstić information content (AvgIpc) is 3.09. The second-order valence-electron chi connectivity index (χ2n) is 11.7. The lowest BCUT2D eigenvalue weighted by Crippen LogP contribution is -2.44. The minimum atomic E-state index is -0.606. The van der Waals surface area contributed by atoms with Gasteiger partial charge in [-0.1, -0.05) is 85.8 Å². The molecule has 1 aromatic heterocycles. The molecule has 1 aliphatic rings. The van der Waals surface area contributed by atoms with Crippen molar-refractivity contribution in [3.8, 4) is 0 Å². The van der Waals surface area contributed by atoms with Gasteiger partial charge in [0.15, 0.2) is 6.29 Å². The van der Waals surface area contributed by atoms with E-state index in [1.807, 2.05) is 78.9 Å². The molecule has 230 valence electrons. The number of nitrogens with zero attached hydrogens (tertiary/aromatic N) is 3. The summed E-state index contributed by atoms with van der Waals surface area (Å²) in [7, 11) is 2.13. The molecular weight excluding hydrogens is 564 g/mol. The summed E-state index contributed by atoms with van der Waals surface area (Å²) in [5.41, 5.74) is 6.28. The zero-order valence-electron chi connectivity index (χ0n) is 25.7. The van der Waals surface area contributed by atoms with Gasteiger partial charge in [0.2, 0.25) is 0 Å². The zero-order valence-corrected chi connectivity index (χ0v) is 25.7. The minimum absolute atomic E-state index is 0.00574. The number of anilines is 1. The summed E-state index contributed by atoms with van der Waals surface area (Å²) in [5.74, 6) is -0.268. The van der Waals surface area contributed by atoms with Crippen LogP contribution in [0.3, 0.4) is 0 Å². The van der Waals surface area contributed by atoms with Crippen LogP contribution in [0.5, 0.6) is 0 Å². The van der Waals surface area contributed by atoms with Crippen LogP contribution in [-0.4, -0.2) is 45.6 Å². The number of fused-ring (bicyclic) bond motifs is 1. The van der Waals surface area contributed by atoms with E-state index in [-0.39, 0.29) is 42.4 Å². The Morgan fingerprint density at radius 1 is 0.889 bits per heavy atom. The number of amides is 1. The van der Waals surface area contributed by atoms with Gasteiger partial charge in [-0.25, -0.2) is 4.98 Å². The van der Waals surface area contributed by atoms with Gasteiger partial charge < -0.3 is 19.9 Å². The van der Waals surface area contributed by atoms with Gasteiger partial charge in [-0.3, -0.25) is 14.7 Å². The summed E-state index contributed by atoms with van der Waals surface area (Å²) in [4.78, 5) is 24.1. The molecule has 4 aromatic carbocycles. The summed E-state index contributed by atoms with van der Waals surface area (Å²) in [6.07, 6.45) is 0.547. The predicted molar refractivity (Wildman–Crippen MR) is 174 cm³/mol. The Morgan fingerprint density at radius 3 is 2.27 bits per heavy atom. The molecule has 1 fully saturated rings. The molecule has 0 spiro atoms. The predicted octanol–water partition coefficient (Wildman–Crippen LogP) is 6.86. The number of likely N-dealkylation sites (N-methyl/N-ethyl adjacent to an activating group) is 1. The Bertz CT molecular complexity index is 1730. The van der Waals surface area contributed by atoms with Crippen molar-refractivity contribution in [2.75, 3.05) is 18.9 Å². The van der Waals surface area contributed by atoms with Crippen molar-refractivity contribution >= 4 is 22.6 Å². The Morgan fingerprint density at radius 2 is 1.56 bits per heavy atom. The maximum absolute atomic E-state index is 12.9. The topological polar surface area (TPSA) is 96.8 Å². The fourth-order valence-corrected chi connectivity index (χ4v) is 5.74. The highest BCUT2D eigenvalue weighted by molar-refractivity contribution is 6.03. The fourth-order valence-electron chi connectivity index (χ4n) is 5.74. The van der Waals surface area contributed by atoms with Crippen LogP contribution in [0, 0.1) is 5.92 Å². The van der Waals surface area contributed by atoms with Gasteiger partial charge in [-0.2, -0.15) is 0 Å². The molecule has 5 atom stereocenters. The van der Waals surface area contributed by atoms with Crippen molar-refractivity contribution < 1.29 is 19.4 Å². The number of hydrogen-bond donors (Lipinski definition) is 2. The third-order valence-corrected chi connectivity index (χ3v) is 8.66. The van der Waals surface area contributed by atoms with Crippen LogP contribution in [0.4, 0.5) is 5.69 Å². The highest BCUT2D eigenvalue weighted by Gasteiger charge is 2.39. The highest BCUT2D eigenvalue weighted by Crippen LogP contribution is 2.42. The number of aliphatic hydroxyl groups excluding tert-OH is 1. The van der Waals surface area contributed by atoms with E-state index in [1.165, 1.54) is 11.8 Å². The second kappa shape index (κ2) is 13.7. The van der Waals surface area contributed by atoms with E-state index >= 15 is 0 Å². The standard InChI is InChI=1S/C37H38N4O4/c1-24-34(22-41(3)25(2)27-9-5-4-6-10-27)44-37(45-35(24)28-15-13-26(23-42)14-16-28)29-17-19-30(20-18-29)39-36(43)33-21-38-31-11-7-8-12-32(31)40-33/h4-21,24-25,34-35,37,42H,22-23H2,1-3H3,(H,39,43)/t24-,25+,34+,35+,37+/m1/s1. The van der Waals surface area contributed by atoms with Gasteiger partial charge in [0.1, 0.15) is 5.69 Å². The van der Waals surface area contributed by atoms with E-state index < -0.39 is 6.29 Å². The Hall–Kier alpha value is -4.47. The van der Waals surface area contributed by atoms with Gasteiger partial charge in [0.05, 0.1) is 36.0 Å². The molecule has 6 rings (SSSR count). The van der Waals surface area contributed by atoms with Crippen molar-refractivity contribution in [2.24, 2.45) is 5.92 Å². The van der Waals surface area contributed by atoms with Crippen molar-refractivity contribution in [2.45, 2.75) is 45.0 Å². The molecule has 0 aliphatic carbocycles. The summed E-state index contributed by atoms with van der Waals surface area (Å²) >= 11 is 0. The van der Waals surface area contributed by atoms with Crippen molar-refractivity contribution in [1.82, 2.24) is 14.9 Å². The minimum Gasteiger partial charge on any atom is -0.392 e. The molecule has 2 heterocycles. The molecule has 0 saturated carbocycles. The lowest BCUT2D eigenvalue weighted by Gasteiger charge is -2.43. The molecule has 1 aliphatic heterocycles. The molecule has 8 heteroatoms. The molecule has 0 bridgehead atoms. The van der Waals surface area contributed by atoms with E-state index in [9.17, 15) is 9.90 Å². The van der Waals surface area contributed by atoms with Crippen LogP contribution >= 0.6 is 0 Å². The first-order chi connectivity index (χ1) is 21.9. The van der Waals surface area contributed by atoms with Crippen molar-refractivity contribution in [3.63, 3.8) is 0 Å². The quantitative estimate of drug-likeness (QED) is 0.190. The fraction of sp³-hybridized carbons (Fsp3) is 0.270. The van der Waals surface area contributed by atoms with Gasteiger partial charge >= 0.3 is 0 Å². The van der Waals surface area contributed by atoms with Crippen LogP contribution in [-0.2, 0) is 16.1 Å². The van der Waals surface area contributed by atoms with E-state index in [2.05, 4.69) is 65.3 Å². The third-order valence-electron chi connectivity index (χ3n) is 8.66. The second-order valence-corrected chi connectivity index (χ2v) is 11.7. The van der Waals surface area contributed by atoms with Crippen LogP contribution in [0.25, 0.3) is 11.0 Å². The molecule has 45 heavy (non-hydrogen) atoms. The van der Waals surface area contributed by atoms with Gasteiger partial charge in [0.25, 0.3) is 5.91 Å². The number of rotatable bonds is 9. The molecule has 0 radical (unpaired) electrons. The Labute approximate surface area is 263 Å². The Balaban J connectivity index is 1.20. The van der Waals surface area contributed by atoms with Gasteiger partial charge in [-0.05, 0) is 54.9 Å². The number of carbonyl (C=O) groups excluding carboxylic acids is 1. The molecule has 2 N–H and O–H groups in total. The number of carbonyl (C=O) groups is 1. The molecule has 0 unspecified atom stereocenters. The van der Waals surface area contributed by atoms with Crippen LogP contribution in [0.1, 0.15) is 65.0 Å². The smallest absolute Gasteiger partial charge is 0.275 e. The monoisotopic (exact) mass is 602 g/mol. The lowest BCUT2D eigenvalue weighted by atomic mass is 9.89. The van der Waals surface area contributed by atoms with Gasteiger partial charge in [0, 0.05) is 29.8 Å². The first-order valence-corrected chi connectivity index (χ1v) is 15.3. The number of aliphatic hydroxyl groups is 1. The number of nitrogens with one attached hydrogen (secondary N) is 1. The first kappa shape index (κ1) is 30.6. The third kappa shape index (κ3) is 6.95. The normalized spacial score (nSPS) is 20.6. The van der Waals surface area contributed by atoms with E-state index in [1.54, 1.807) is 0 Å². The van der Waals surface area contributed by atoms with Gasteiger partial charge in [-0.15, -0.1) is 0 Å². The first-order valence-electron chi connectivity index (χ1n) is 15.3. The zero-order chi connectivity index (χ0) is 31.3. The average molecular weight is 603 g/mol. The molecule has 1 saturated heterocycles. The summed E-state index contributed by atoms with van der Waals surface area (Å²) < 4.78 is 13.3. The summed E-state index contributed by atoms with van der Waals surface area (Å²) in [6.45, 7) is 5.08. The number of ether oxygens (including phenoxy) is 2. The highest BCUT2D eigenvalue weighted by atomic mass is 16.7. The lowest BCUT2D eigenvalue weighted by molar-refractivity contribution is -0.276. The largest absolute Gasteiger partial charge is 0.392 e. The maximum Gasteiger partial charge on any atom is 0.275 e. The molecule has 1 amide bonds. The number of aromatic nitrogens is 2. The number of benzene rings is 4. The molecule has 8 nitrogen and oxygen atoms in total. The van der Waals surface area contributed by atoms with Crippen LogP contribution in [0.2, 0.25) is 0 Å². The van der Waals surface area contributed by atoms with Crippen molar-refractivity contribution in [3.05, 3.63) is 137 Å². The van der Waals surface area contributed by atoms with Crippen LogP contribution < -0.4 is 5.32 Å². The Kier molecular flexibility index (Phi) is 9.28. The van der Waals surface area contributed by atoms with E-state index in [0.29, 0.717) is 17.7 Å². The summed E-state index contributed by atoms with van der Waals surface area (Å²) in [6, 6.07) is 33.6. The molecule has 5 aromatic rings. The molecular formula is C37H38N4O4. The van der Waals surface area contributed by atoms with E-state index in [0.717, 1.165) is 22.2 Å². The SMILES string of the molecule is C[C@@H]1[C@H](CN(C)[C@@H](C)c2ccccc2)O[C@H](c2ccc(NC(=O)c3cnc4ccccc4n3)cc2)O[C@@H]1c1ccc(CO)cc1. The van der Waals surface area contributed by atoms with Crippen molar-refractivity contribution in [1.29, 1.82) is 0 Å². The van der Waals surface area contributed by atoms with Crippen LogP contribution in [0.15, 0.2) is 109 Å². The number of para-hydroxylation sites is 2. The van der Waals surface area contributed by atoms with E-state index in [4.69, 9.17) is 9.47 Å². The summed E-state index contributed by atoms with van der Waals surface area (Å²) in [5, 5.41) is 12.5. The maximum atomic E-state index is 12.9.